The fourth-order valence-corrected chi connectivity index (χ4v) is 2.40. The van der Waals surface area contributed by atoms with E-state index < -0.39 is 0 Å². The zero-order valence-electron chi connectivity index (χ0n) is 10.4. The molecule has 2 aromatic carbocycles. The van der Waals surface area contributed by atoms with Gasteiger partial charge >= 0.3 is 0 Å². The first-order valence-corrected chi connectivity index (χ1v) is 6.09. The molecule has 1 N–H and O–H groups in total. The fraction of sp³-hybridized carbons (Fsp3) is 0.0588. The number of hydrogen-bond acceptors (Lipinski definition) is 1. The molecule has 0 aliphatic carbocycles. The van der Waals surface area contributed by atoms with E-state index in [-0.39, 0.29) is 0 Å². The Labute approximate surface area is 107 Å². The summed E-state index contributed by atoms with van der Waals surface area (Å²) in [6, 6.07) is 18.8. The Morgan fingerprint density at radius 1 is 0.889 bits per heavy atom. The lowest BCUT2D eigenvalue weighted by atomic mass is 9.89. The Morgan fingerprint density at radius 3 is 2.33 bits per heavy atom. The monoisotopic (exact) mass is 233 g/mol. The molecular weight excluding hydrogens is 218 g/mol. The second kappa shape index (κ2) is 4.19. The molecule has 1 aliphatic rings. The van der Waals surface area contributed by atoms with Gasteiger partial charge in [-0.2, -0.15) is 0 Å². The molecular formula is C17H15N. The smallest absolute Gasteiger partial charge is 0.0464 e. The molecule has 0 atom stereocenters. The van der Waals surface area contributed by atoms with Gasteiger partial charge in [0.1, 0.15) is 0 Å². The van der Waals surface area contributed by atoms with Gasteiger partial charge in [-0.15, -0.1) is 0 Å². The normalized spacial score (nSPS) is 14.2. The molecule has 88 valence electrons. The SMILES string of the molecule is C=C1Nc2ccccc2C(c2ccccc2)=C1C. The van der Waals surface area contributed by atoms with Gasteiger partial charge < -0.3 is 5.32 Å². The number of allylic oxidation sites excluding steroid dienone is 1. The summed E-state index contributed by atoms with van der Waals surface area (Å²) >= 11 is 0. The van der Waals surface area contributed by atoms with Crippen LogP contribution in [0.4, 0.5) is 5.69 Å². The third kappa shape index (κ3) is 1.65. The predicted molar refractivity (Wildman–Crippen MR) is 77.3 cm³/mol. The van der Waals surface area contributed by atoms with Crippen molar-refractivity contribution in [3.8, 4) is 0 Å². The number of benzene rings is 2. The van der Waals surface area contributed by atoms with Crippen molar-refractivity contribution >= 4 is 11.3 Å². The van der Waals surface area contributed by atoms with E-state index in [9.17, 15) is 0 Å². The minimum Gasteiger partial charge on any atom is -0.355 e. The van der Waals surface area contributed by atoms with Crippen LogP contribution in [0.2, 0.25) is 0 Å². The van der Waals surface area contributed by atoms with E-state index in [0.717, 1.165) is 11.4 Å². The lowest BCUT2D eigenvalue weighted by Gasteiger charge is -2.25. The first-order chi connectivity index (χ1) is 8.77. The van der Waals surface area contributed by atoms with Crippen LogP contribution >= 0.6 is 0 Å². The molecule has 0 amide bonds. The van der Waals surface area contributed by atoms with Crippen molar-refractivity contribution in [2.45, 2.75) is 6.92 Å². The molecule has 0 saturated carbocycles. The summed E-state index contributed by atoms with van der Waals surface area (Å²) in [4.78, 5) is 0. The largest absolute Gasteiger partial charge is 0.355 e. The maximum Gasteiger partial charge on any atom is 0.0464 e. The van der Waals surface area contributed by atoms with E-state index in [0.29, 0.717) is 0 Å². The van der Waals surface area contributed by atoms with Crippen molar-refractivity contribution in [3.63, 3.8) is 0 Å². The molecule has 1 heterocycles. The Morgan fingerprint density at radius 2 is 1.56 bits per heavy atom. The van der Waals surface area contributed by atoms with Gasteiger partial charge in [0.05, 0.1) is 0 Å². The summed E-state index contributed by atoms with van der Waals surface area (Å²) in [6.07, 6.45) is 0. The molecule has 2 aromatic rings. The summed E-state index contributed by atoms with van der Waals surface area (Å²) in [5.74, 6) is 0. The molecule has 0 spiro atoms. The Bertz CT molecular complexity index is 636. The van der Waals surface area contributed by atoms with Crippen LogP contribution in [0.3, 0.4) is 0 Å². The first-order valence-electron chi connectivity index (χ1n) is 6.09. The Hall–Kier alpha value is -2.28. The third-order valence-electron chi connectivity index (χ3n) is 3.37. The second-order valence-electron chi connectivity index (χ2n) is 4.52. The van der Waals surface area contributed by atoms with E-state index in [1.807, 2.05) is 12.1 Å². The lowest BCUT2D eigenvalue weighted by Crippen LogP contribution is -2.10. The minimum absolute atomic E-state index is 0.979. The van der Waals surface area contributed by atoms with Crippen LogP contribution < -0.4 is 5.32 Å². The number of rotatable bonds is 1. The Kier molecular flexibility index (Phi) is 2.52. The van der Waals surface area contributed by atoms with Crippen LogP contribution in [0.25, 0.3) is 5.57 Å². The van der Waals surface area contributed by atoms with Crippen LogP contribution in [-0.4, -0.2) is 0 Å². The topological polar surface area (TPSA) is 12.0 Å². The maximum atomic E-state index is 4.10. The number of fused-ring (bicyclic) bond motifs is 1. The molecule has 0 aromatic heterocycles. The van der Waals surface area contributed by atoms with Crippen molar-refractivity contribution in [1.82, 2.24) is 0 Å². The van der Waals surface area contributed by atoms with Crippen LogP contribution in [-0.2, 0) is 0 Å². The highest BCUT2D eigenvalue weighted by Crippen LogP contribution is 2.38. The molecule has 1 nitrogen and oxygen atoms in total. The average Bonchev–Trinajstić information content (AvgIpc) is 2.41. The minimum atomic E-state index is 0.979. The van der Waals surface area contributed by atoms with Crippen LogP contribution in [0, 0.1) is 0 Å². The third-order valence-corrected chi connectivity index (χ3v) is 3.37. The first kappa shape index (κ1) is 10.8. The van der Waals surface area contributed by atoms with Crippen molar-refractivity contribution < 1.29 is 0 Å². The number of para-hydroxylation sites is 1. The van der Waals surface area contributed by atoms with Gasteiger partial charge in [0, 0.05) is 16.9 Å². The molecule has 0 unspecified atom stereocenters. The van der Waals surface area contributed by atoms with Gasteiger partial charge in [-0.05, 0) is 29.7 Å². The van der Waals surface area contributed by atoms with Crippen LogP contribution in [0.5, 0.6) is 0 Å². The van der Waals surface area contributed by atoms with Crippen molar-refractivity contribution in [2.24, 2.45) is 0 Å². The summed E-state index contributed by atoms with van der Waals surface area (Å²) in [6.45, 7) is 6.22. The molecule has 18 heavy (non-hydrogen) atoms. The number of hydrogen-bond donors (Lipinski definition) is 1. The van der Waals surface area contributed by atoms with Crippen molar-refractivity contribution in [1.29, 1.82) is 0 Å². The predicted octanol–water partition coefficient (Wildman–Crippen LogP) is 4.45. The lowest BCUT2D eigenvalue weighted by molar-refractivity contribution is 1.30. The summed E-state index contributed by atoms with van der Waals surface area (Å²) < 4.78 is 0. The van der Waals surface area contributed by atoms with E-state index in [1.54, 1.807) is 0 Å². The number of nitrogens with one attached hydrogen (secondary N) is 1. The van der Waals surface area contributed by atoms with Crippen molar-refractivity contribution in [3.05, 3.63) is 83.6 Å². The van der Waals surface area contributed by atoms with Gasteiger partial charge in [-0.3, -0.25) is 0 Å². The van der Waals surface area contributed by atoms with Gasteiger partial charge in [-0.1, -0.05) is 55.1 Å². The van der Waals surface area contributed by atoms with E-state index in [4.69, 9.17) is 0 Å². The van der Waals surface area contributed by atoms with E-state index in [2.05, 4.69) is 61.3 Å². The molecule has 0 radical (unpaired) electrons. The van der Waals surface area contributed by atoms with Gasteiger partial charge in [0.15, 0.2) is 0 Å². The van der Waals surface area contributed by atoms with Gasteiger partial charge in [0.25, 0.3) is 0 Å². The highest BCUT2D eigenvalue weighted by atomic mass is 14.9. The second-order valence-corrected chi connectivity index (χ2v) is 4.52. The van der Waals surface area contributed by atoms with Gasteiger partial charge in [0.2, 0.25) is 0 Å². The molecule has 0 bridgehead atoms. The summed E-state index contributed by atoms with van der Waals surface area (Å²) in [5.41, 5.74) is 7.08. The summed E-state index contributed by atoms with van der Waals surface area (Å²) in [5, 5.41) is 3.36. The van der Waals surface area contributed by atoms with Crippen LogP contribution in [0.1, 0.15) is 18.1 Å². The van der Waals surface area contributed by atoms with E-state index in [1.165, 1.54) is 22.3 Å². The highest BCUT2D eigenvalue weighted by molar-refractivity contribution is 5.93. The number of anilines is 1. The fourth-order valence-electron chi connectivity index (χ4n) is 2.40. The van der Waals surface area contributed by atoms with Gasteiger partial charge in [-0.25, -0.2) is 0 Å². The average molecular weight is 233 g/mol. The molecule has 0 fully saturated rings. The molecule has 1 aliphatic heterocycles. The van der Waals surface area contributed by atoms with Crippen LogP contribution in [0.15, 0.2) is 72.4 Å². The maximum absolute atomic E-state index is 4.10. The zero-order chi connectivity index (χ0) is 12.5. The molecule has 0 saturated heterocycles. The molecule has 1 heteroatoms. The summed E-state index contributed by atoms with van der Waals surface area (Å²) in [7, 11) is 0. The molecule has 3 rings (SSSR count). The quantitative estimate of drug-likeness (QED) is 0.767. The highest BCUT2D eigenvalue weighted by Gasteiger charge is 2.19. The van der Waals surface area contributed by atoms with Crippen molar-refractivity contribution in [2.75, 3.05) is 5.32 Å². The Balaban J connectivity index is 2.27. The van der Waals surface area contributed by atoms with E-state index >= 15 is 0 Å². The standard InChI is InChI=1S/C17H15N/c1-12-13(2)18-16-11-7-6-10-15(16)17(12)14-8-4-3-5-9-14/h3-11,18H,2H2,1H3. The zero-order valence-corrected chi connectivity index (χ0v) is 10.4.